The SMILES string of the molecule is [H-].[H-].[Ru].c1ccc(P(c2ccccc2)c2ccccc2)cc1.c1ccc(P(c2ccccc2)c2ccccc2)cc1.c1ccc(P(c2ccccc2)c2ccccc2)cc1.c1ccc(P(c2ccccc2)c2ccccc2)cc1. The monoisotopic (exact) mass is 1150 g/mol. The van der Waals surface area contributed by atoms with Crippen molar-refractivity contribution >= 4 is 95.3 Å². The summed E-state index contributed by atoms with van der Waals surface area (Å²) in [5.41, 5.74) is 0. The molecular formula is C72H62P4Ru-2. The zero-order valence-electron chi connectivity index (χ0n) is 44.8. The first kappa shape index (κ1) is 56.2. The van der Waals surface area contributed by atoms with Gasteiger partial charge in [-0.2, -0.15) is 0 Å². The Kier molecular flexibility index (Phi) is 22.8. The molecule has 0 amide bonds. The van der Waals surface area contributed by atoms with Crippen LogP contribution in [0.4, 0.5) is 0 Å². The number of hydrogen-bond acceptors (Lipinski definition) is 0. The second-order valence-electron chi connectivity index (χ2n) is 17.4. The quantitative estimate of drug-likeness (QED) is 0.0845. The molecule has 12 aromatic carbocycles. The topological polar surface area (TPSA) is 0 Å². The minimum atomic E-state index is -0.446. The summed E-state index contributed by atoms with van der Waals surface area (Å²) >= 11 is 0. The van der Waals surface area contributed by atoms with E-state index in [-0.39, 0.29) is 22.3 Å². The third-order valence-electron chi connectivity index (χ3n) is 12.2. The third-order valence-corrected chi connectivity index (χ3v) is 21.9. The first-order chi connectivity index (χ1) is 37.8. The smallest absolute Gasteiger partial charge is 0 e. The third kappa shape index (κ3) is 16.5. The molecule has 0 fully saturated rings. The summed E-state index contributed by atoms with van der Waals surface area (Å²) in [6.45, 7) is 0. The largest absolute Gasteiger partial charge is 1.00 e. The van der Waals surface area contributed by atoms with Crippen molar-refractivity contribution in [2.45, 2.75) is 0 Å². The van der Waals surface area contributed by atoms with E-state index in [0.717, 1.165) is 0 Å². The number of rotatable bonds is 12. The molecule has 0 atom stereocenters. The number of hydrogen-bond donors (Lipinski definition) is 0. The fourth-order valence-electron chi connectivity index (χ4n) is 8.71. The normalized spacial score (nSPS) is 10.4. The standard InChI is InChI=1S/4C18H15P.Ru.2H/c4*1-4-10-16(11-5-1)19(17-12-6-2-7-13-17)18-14-8-3-9-15-18;;;/h4*1-15H;;;/q;;;;;2*-1. The average molecular weight is 1150 g/mol. The molecule has 0 unspecified atom stereocenters. The van der Waals surface area contributed by atoms with E-state index in [1.165, 1.54) is 63.7 Å². The zero-order valence-corrected chi connectivity index (χ0v) is 48.1. The molecule has 77 heavy (non-hydrogen) atoms. The Bertz CT molecular complexity index is 2590. The zero-order chi connectivity index (χ0) is 51.7. The van der Waals surface area contributed by atoms with Crippen molar-refractivity contribution in [1.82, 2.24) is 0 Å². The fourth-order valence-corrected chi connectivity index (χ4v) is 17.9. The second kappa shape index (κ2) is 31.3. The van der Waals surface area contributed by atoms with Crippen LogP contribution in [0.5, 0.6) is 0 Å². The van der Waals surface area contributed by atoms with Crippen LogP contribution in [-0.4, -0.2) is 0 Å². The van der Waals surface area contributed by atoms with Crippen molar-refractivity contribution in [2.75, 3.05) is 0 Å². The Morgan fingerprint density at radius 2 is 0.182 bits per heavy atom. The van der Waals surface area contributed by atoms with Crippen LogP contribution in [-0.2, 0) is 19.5 Å². The van der Waals surface area contributed by atoms with Gasteiger partial charge in [0.1, 0.15) is 0 Å². The molecule has 0 aromatic heterocycles. The van der Waals surface area contributed by atoms with Crippen LogP contribution < -0.4 is 63.7 Å². The predicted octanol–water partition coefficient (Wildman–Crippen LogP) is 14.0. The predicted molar refractivity (Wildman–Crippen MR) is 343 cm³/mol. The van der Waals surface area contributed by atoms with Crippen LogP contribution in [0.1, 0.15) is 2.85 Å². The van der Waals surface area contributed by atoms with Crippen molar-refractivity contribution in [3.8, 4) is 0 Å². The van der Waals surface area contributed by atoms with Gasteiger partial charge in [-0.3, -0.25) is 0 Å². The Morgan fingerprint density at radius 1 is 0.117 bits per heavy atom. The first-order valence-corrected chi connectivity index (χ1v) is 31.0. The van der Waals surface area contributed by atoms with Gasteiger partial charge in [-0.25, -0.2) is 0 Å². The van der Waals surface area contributed by atoms with E-state index < -0.39 is 31.7 Å². The van der Waals surface area contributed by atoms with Crippen LogP contribution in [0.15, 0.2) is 364 Å². The second-order valence-corrected chi connectivity index (χ2v) is 26.2. The summed E-state index contributed by atoms with van der Waals surface area (Å²) in [7, 11) is -1.78. The molecule has 380 valence electrons. The van der Waals surface area contributed by atoms with Crippen molar-refractivity contribution in [3.05, 3.63) is 364 Å². The van der Waals surface area contributed by atoms with Crippen molar-refractivity contribution in [2.24, 2.45) is 0 Å². The van der Waals surface area contributed by atoms with E-state index in [2.05, 4.69) is 364 Å². The maximum Gasteiger partial charge on any atom is 0 e. The summed E-state index contributed by atoms with van der Waals surface area (Å²) < 4.78 is 0. The molecule has 0 spiro atoms. The van der Waals surface area contributed by atoms with Gasteiger partial charge in [0.2, 0.25) is 0 Å². The summed E-state index contributed by atoms with van der Waals surface area (Å²) in [6.07, 6.45) is 0. The summed E-state index contributed by atoms with van der Waals surface area (Å²) in [6, 6.07) is 129. The molecule has 12 rings (SSSR count). The van der Waals surface area contributed by atoms with E-state index in [1.807, 2.05) is 0 Å². The minimum absolute atomic E-state index is 0. The molecule has 0 aliphatic rings. The Balaban J connectivity index is 0.000000168. The molecule has 0 saturated carbocycles. The molecule has 0 nitrogen and oxygen atoms in total. The Morgan fingerprint density at radius 3 is 0.247 bits per heavy atom. The van der Waals surface area contributed by atoms with Gasteiger partial charge in [-0.05, 0) is 95.3 Å². The van der Waals surface area contributed by atoms with E-state index in [0.29, 0.717) is 0 Å². The summed E-state index contributed by atoms with van der Waals surface area (Å²) in [5, 5.41) is 16.8. The van der Waals surface area contributed by atoms with Crippen molar-refractivity contribution < 1.29 is 22.3 Å². The van der Waals surface area contributed by atoms with E-state index in [9.17, 15) is 0 Å². The minimum Gasteiger partial charge on any atom is -1.00 e. The molecule has 0 aliphatic heterocycles. The van der Waals surface area contributed by atoms with Gasteiger partial charge >= 0.3 is 0 Å². The van der Waals surface area contributed by atoms with Crippen LogP contribution in [0.3, 0.4) is 0 Å². The van der Waals surface area contributed by atoms with Gasteiger partial charge in [0.05, 0.1) is 0 Å². The van der Waals surface area contributed by atoms with Crippen molar-refractivity contribution in [3.63, 3.8) is 0 Å². The van der Waals surface area contributed by atoms with Gasteiger partial charge in [0.25, 0.3) is 0 Å². The molecule has 0 heterocycles. The van der Waals surface area contributed by atoms with Crippen LogP contribution in [0.2, 0.25) is 0 Å². The van der Waals surface area contributed by atoms with Crippen LogP contribution in [0, 0.1) is 0 Å². The van der Waals surface area contributed by atoms with Crippen molar-refractivity contribution in [1.29, 1.82) is 0 Å². The fraction of sp³-hybridized carbons (Fsp3) is 0. The van der Waals surface area contributed by atoms with Gasteiger partial charge in [0.15, 0.2) is 0 Å². The molecule has 0 aliphatic carbocycles. The van der Waals surface area contributed by atoms with E-state index in [4.69, 9.17) is 0 Å². The first-order valence-electron chi connectivity index (χ1n) is 25.6. The Hall–Kier alpha value is -7.02. The number of benzene rings is 12. The van der Waals surface area contributed by atoms with Crippen LogP contribution >= 0.6 is 31.7 Å². The molecule has 0 saturated heterocycles. The van der Waals surface area contributed by atoms with Gasteiger partial charge in [-0.1, -0.05) is 364 Å². The van der Waals surface area contributed by atoms with E-state index in [1.54, 1.807) is 0 Å². The molecule has 12 aromatic rings. The molecule has 0 N–H and O–H groups in total. The van der Waals surface area contributed by atoms with Gasteiger partial charge in [-0.15, -0.1) is 0 Å². The summed E-state index contributed by atoms with van der Waals surface area (Å²) in [4.78, 5) is 0. The molecular weight excluding hydrogens is 1090 g/mol. The maximum atomic E-state index is 2.23. The van der Waals surface area contributed by atoms with Gasteiger partial charge in [0, 0.05) is 19.5 Å². The van der Waals surface area contributed by atoms with Gasteiger partial charge < -0.3 is 2.85 Å². The molecule has 0 radical (unpaired) electrons. The molecule has 0 bridgehead atoms. The van der Waals surface area contributed by atoms with E-state index >= 15 is 0 Å². The summed E-state index contributed by atoms with van der Waals surface area (Å²) in [5.74, 6) is 0. The maximum absolute atomic E-state index is 2.23. The average Bonchev–Trinajstić information content (AvgIpc) is 3.51. The Labute approximate surface area is 478 Å². The molecule has 5 heteroatoms. The van der Waals surface area contributed by atoms with Crippen LogP contribution in [0.25, 0.3) is 0 Å².